The van der Waals surface area contributed by atoms with E-state index in [0.29, 0.717) is 5.11 Å². The standard InChI is InChI=1S/C29H29ClN6S/c1-20-11-16-34(17-12-20)25-10-9-21(18-23(25)30)36-28(27(33-29(36)37)24-7-2-3-14-32-24)26-8-5-15-35(26)22-6-4-13-31-19-22/h2-10,13-15,18-20,27-28H,11-12,16-17H2,1H3,(H,33,37)/t27-,28+/m0/s1. The second-order valence-corrected chi connectivity index (χ2v) is 10.6. The van der Waals surface area contributed by atoms with E-state index in [4.69, 9.17) is 23.8 Å². The first kappa shape index (κ1) is 23.9. The van der Waals surface area contributed by atoms with Crippen LogP contribution in [0.1, 0.15) is 43.2 Å². The Morgan fingerprint density at radius 3 is 2.57 bits per heavy atom. The van der Waals surface area contributed by atoms with Gasteiger partial charge in [-0.25, -0.2) is 0 Å². The normalized spacial score (nSPS) is 20.3. The summed E-state index contributed by atoms with van der Waals surface area (Å²) in [7, 11) is 0. The Morgan fingerprint density at radius 1 is 0.973 bits per heavy atom. The fourth-order valence-corrected chi connectivity index (χ4v) is 6.09. The minimum absolute atomic E-state index is 0.138. The van der Waals surface area contributed by atoms with Gasteiger partial charge < -0.3 is 19.7 Å². The van der Waals surface area contributed by atoms with Crippen LogP contribution in [-0.4, -0.2) is 32.7 Å². The van der Waals surface area contributed by atoms with Gasteiger partial charge in [0.1, 0.15) is 6.04 Å². The maximum atomic E-state index is 6.92. The van der Waals surface area contributed by atoms with Crippen molar-refractivity contribution in [3.8, 4) is 5.69 Å². The van der Waals surface area contributed by atoms with Crippen LogP contribution in [0.15, 0.2) is 85.5 Å². The lowest BCUT2D eigenvalue weighted by Crippen LogP contribution is -2.33. The van der Waals surface area contributed by atoms with E-state index < -0.39 is 0 Å². The summed E-state index contributed by atoms with van der Waals surface area (Å²) in [6.07, 6.45) is 9.93. The third-order valence-corrected chi connectivity index (χ3v) is 8.06. The number of anilines is 2. The van der Waals surface area contributed by atoms with Crippen LogP contribution in [0.5, 0.6) is 0 Å². The highest BCUT2D eigenvalue weighted by molar-refractivity contribution is 7.80. The van der Waals surface area contributed by atoms with E-state index in [2.05, 4.69) is 73.1 Å². The van der Waals surface area contributed by atoms with Gasteiger partial charge in [-0.2, -0.15) is 0 Å². The minimum atomic E-state index is -0.143. The van der Waals surface area contributed by atoms with Crippen LogP contribution in [0.4, 0.5) is 11.4 Å². The van der Waals surface area contributed by atoms with Crippen LogP contribution < -0.4 is 15.1 Å². The number of benzene rings is 1. The SMILES string of the molecule is CC1CCN(c2ccc(N3C(=S)N[C@@H](c4ccccn4)[C@H]3c3cccn3-c3cccnc3)cc2Cl)CC1. The van der Waals surface area contributed by atoms with Crippen molar-refractivity contribution in [3.05, 3.63) is 102 Å². The lowest BCUT2D eigenvalue weighted by Gasteiger charge is -2.33. The van der Waals surface area contributed by atoms with Crippen LogP contribution >= 0.6 is 23.8 Å². The van der Waals surface area contributed by atoms with Gasteiger partial charge in [-0.1, -0.05) is 24.6 Å². The fraction of sp³-hybridized carbons (Fsp3) is 0.276. The Morgan fingerprint density at radius 2 is 1.84 bits per heavy atom. The molecule has 2 aliphatic heterocycles. The predicted molar refractivity (Wildman–Crippen MR) is 154 cm³/mol. The van der Waals surface area contributed by atoms with Crippen molar-refractivity contribution >= 4 is 40.3 Å². The number of nitrogens with zero attached hydrogens (tertiary/aromatic N) is 5. The van der Waals surface area contributed by atoms with E-state index >= 15 is 0 Å². The van der Waals surface area contributed by atoms with E-state index in [9.17, 15) is 0 Å². The summed E-state index contributed by atoms with van der Waals surface area (Å²) >= 11 is 12.9. The number of thiocarbonyl (C=S) groups is 1. The smallest absolute Gasteiger partial charge is 0.174 e. The molecule has 0 saturated carbocycles. The van der Waals surface area contributed by atoms with Gasteiger partial charge >= 0.3 is 0 Å². The number of pyridine rings is 2. The van der Waals surface area contributed by atoms with Gasteiger partial charge in [-0.05, 0) is 85.6 Å². The minimum Gasteiger partial charge on any atom is -0.370 e. The summed E-state index contributed by atoms with van der Waals surface area (Å²) in [4.78, 5) is 13.6. The van der Waals surface area contributed by atoms with Gasteiger partial charge in [0.05, 0.1) is 34.3 Å². The molecule has 188 valence electrons. The van der Waals surface area contributed by atoms with Crippen LogP contribution in [0.3, 0.4) is 0 Å². The first-order valence-electron chi connectivity index (χ1n) is 12.7. The van der Waals surface area contributed by atoms with Gasteiger partial charge in [-0.3, -0.25) is 9.97 Å². The molecule has 0 radical (unpaired) electrons. The largest absolute Gasteiger partial charge is 0.370 e. The number of halogens is 1. The molecule has 1 aromatic carbocycles. The first-order chi connectivity index (χ1) is 18.1. The molecule has 2 fully saturated rings. The maximum Gasteiger partial charge on any atom is 0.174 e. The third-order valence-electron chi connectivity index (χ3n) is 7.44. The molecular formula is C29H29ClN6S. The number of hydrogen-bond donors (Lipinski definition) is 1. The number of rotatable bonds is 5. The fourth-order valence-electron chi connectivity index (χ4n) is 5.45. The average molecular weight is 529 g/mol. The summed E-state index contributed by atoms with van der Waals surface area (Å²) < 4.78 is 2.17. The summed E-state index contributed by atoms with van der Waals surface area (Å²) in [5.74, 6) is 0.766. The van der Waals surface area contributed by atoms with Gasteiger partial charge in [-0.15, -0.1) is 0 Å². The molecule has 2 atom stereocenters. The predicted octanol–water partition coefficient (Wildman–Crippen LogP) is 6.33. The van der Waals surface area contributed by atoms with E-state index in [1.165, 1.54) is 12.8 Å². The Kier molecular flexibility index (Phi) is 6.57. The molecule has 2 saturated heterocycles. The highest BCUT2D eigenvalue weighted by Crippen LogP contribution is 2.44. The van der Waals surface area contributed by atoms with Crippen molar-refractivity contribution in [2.24, 2.45) is 5.92 Å². The van der Waals surface area contributed by atoms with Gasteiger partial charge in [0.25, 0.3) is 0 Å². The van der Waals surface area contributed by atoms with Crippen molar-refractivity contribution < 1.29 is 0 Å². The van der Waals surface area contributed by atoms with E-state index in [1.54, 1.807) is 6.20 Å². The molecule has 0 bridgehead atoms. The van der Waals surface area contributed by atoms with Crippen molar-refractivity contribution in [2.45, 2.75) is 31.8 Å². The Balaban J connectivity index is 1.42. The van der Waals surface area contributed by atoms with Gasteiger partial charge in [0, 0.05) is 43.1 Å². The number of nitrogens with one attached hydrogen (secondary N) is 1. The molecule has 1 N–H and O–H groups in total. The lowest BCUT2D eigenvalue weighted by atomic mass is 9.98. The zero-order valence-electron chi connectivity index (χ0n) is 20.7. The molecular weight excluding hydrogens is 500 g/mol. The quantitative estimate of drug-likeness (QED) is 0.305. The third kappa shape index (κ3) is 4.58. The summed E-state index contributed by atoms with van der Waals surface area (Å²) in [6, 6.07) is 20.2. The number of aromatic nitrogens is 3. The van der Waals surface area contributed by atoms with Crippen LogP contribution in [0.25, 0.3) is 5.69 Å². The van der Waals surface area contributed by atoms with Crippen molar-refractivity contribution in [1.29, 1.82) is 0 Å². The summed E-state index contributed by atoms with van der Waals surface area (Å²) in [5, 5.41) is 4.95. The highest BCUT2D eigenvalue weighted by Gasteiger charge is 2.42. The van der Waals surface area contributed by atoms with E-state index in [0.717, 1.165) is 52.5 Å². The molecule has 5 heterocycles. The molecule has 0 spiro atoms. The van der Waals surface area contributed by atoms with E-state index in [1.807, 2.05) is 42.7 Å². The zero-order valence-corrected chi connectivity index (χ0v) is 22.2. The van der Waals surface area contributed by atoms with Crippen LogP contribution in [-0.2, 0) is 0 Å². The monoisotopic (exact) mass is 528 g/mol. The lowest BCUT2D eigenvalue weighted by molar-refractivity contribution is 0.438. The molecule has 6 rings (SSSR count). The number of hydrogen-bond acceptors (Lipinski definition) is 4. The first-order valence-corrected chi connectivity index (χ1v) is 13.5. The highest BCUT2D eigenvalue weighted by atomic mass is 35.5. The summed E-state index contributed by atoms with van der Waals surface area (Å²) in [6.45, 7) is 4.39. The molecule has 6 nitrogen and oxygen atoms in total. The Hall–Kier alpha value is -3.42. The van der Waals surface area contributed by atoms with Crippen LogP contribution in [0.2, 0.25) is 5.02 Å². The second kappa shape index (κ2) is 10.1. The maximum absolute atomic E-state index is 6.92. The zero-order chi connectivity index (χ0) is 25.4. The summed E-state index contributed by atoms with van der Waals surface area (Å²) in [5.41, 5.74) is 5.06. The van der Waals surface area contributed by atoms with Gasteiger partial charge in [0.2, 0.25) is 0 Å². The molecule has 4 aromatic rings. The number of piperidine rings is 1. The molecule has 0 unspecified atom stereocenters. The van der Waals surface area contributed by atoms with Crippen molar-refractivity contribution in [3.63, 3.8) is 0 Å². The average Bonchev–Trinajstić information content (AvgIpc) is 3.54. The molecule has 0 aliphatic carbocycles. The molecule has 3 aromatic heterocycles. The van der Waals surface area contributed by atoms with Crippen LogP contribution in [0, 0.1) is 5.92 Å². The molecule has 2 aliphatic rings. The molecule has 0 amide bonds. The molecule has 37 heavy (non-hydrogen) atoms. The second-order valence-electron chi connectivity index (χ2n) is 9.82. The topological polar surface area (TPSA) is 49.2 Å². The Labute approximate surface area is 227 Å². The van der Waals surface area contributed by atoms with Crippen molar-refractivity contribution in [2.75, 3.05) is 22.9 Å². The van der Waals surface area contributed by atoms with Crippen molar-refractivity contribution in [1.82, 2.24) is 19.9 Å². The molecule has 8 heteroatoms. The Bertz CT molecular complexity index is 1380. The van der Waals surface area contributed by atoms with E-state index in [-0.39, 0.29) is 12.1 Å². The van der Waals surface area contributed by atoms with Gasteiger partial charge in [0.15, 0.2) is 5.11 Å².